The Morgan fingerprint density at radius 1 is 0.826 bits per heavy atom. The molecular weight excluding hydrogens is 288 g/mol. The van der Waals surface area contributed by atoms with E-state index in [0.717, 1.165) is 11.1 Å². The van der Waals surface area contributed by atoms with E-state index in [-0.39, 0.29) is 11.8 Å². The van der Waals surface area contributed by atoms with Gasteiger partial charge in [-0.15, -0.1) is 0 Å². The predicted molar refractivity (Wildman–Crippen MR) is 91.6 cm³/mol. The third-order valence-corrected chi connectivity index (χ3v) is 3.18. The van der Waals surface area contributed by atoms with Gasteiger partial charge < -0.3 is 10.6 Å². The molecule has 23 heavy (non-hydrogen) atoms. The van der Waals surface area contributed by atoms with Crippen molar-refractivity contribution in [3.63, 3.8) is 0 Å². The molecule has 2 aromatic carbocycles. The van der Waals surface area contributed by atoms with Crippen molar-refractivity contribution in [2.45, 2.75) is 6.42 Å². The molecule has 2 rings (SSSR count). The first kappa shape index (κ1) is 16.5. The zero-order valence-electron chi connectivity index (χ0n) is 12.9. The highest BCUT2D eigenvalue weighted by molar-refractivity contribution is 5.91. The molecular formula is C19H20N2O2. The molecule has 2 N–H and O–H groups in total. The van der Waals surface area contributed by atoms with Crippen molar-refractivity contribution in [2.24, 2.45) is 0 Å². The van der Waals surface area contributed by atoms with Gasteiger partial charge in [-0.3, -0.25) is 9.59 Å². The predicted octanol–water partition coefficient (Wildman–Crippen LogP) is 2.17. The van der Waals surface area contributed by atoms with Gasteiger partial charge >= 0.3 is 0 Å². The Bertz CT molecular complexity index is 652. The summed E-state index contributed by atoms with van der Waals surface area (Å²) in [5.41, 5.74) is 1.94. The number of benzene rings is 2. The maximum Gasteiger partial charge on any atom is 0.244 e. The molecule has 0 saturated carbocycles. The van der Waals surface area contributed by atoms with E-state index in [1.165, 1.54) is 6.08 Å². The fraction of sp³-hybridized carbons (Fsp3) is 0.158. The average molecular weight is 308 g/mol. The van der Waals surface area contributed by atoms with Gasteiger partial charge in [0.25, 0.3) is 0 Å². The Hall–Kier alpha value is -2.88. The van der Waals surface area contributed by atoms with Crippen LogP contribution >= 0.6 is 0 Å². The molecule has 0 spiro atoms. The second-order valence-electron chi connectivity index (χ2n) is 5.05. The summed E-state index contributed by atoms with van der Waals surface area (Å²) in [6.45, 7) is 0.815. The lowest BCUT2D eigenvalue weighted by Gasteiger charge is -2.06. The molecule has 0 atom stereocenters. The molecule has 0 aliphatic carbocycles. The van der Waals surface area contributed by atoms with Crippen LogP contribution in [-0.4, -0.2) is 24.9 Å². The number of nitrogens with one attached hydrogen (secondary N) is 2. The van der Waals surface area contributed by atoms with E-state index in [2.05, 4.69) is 10.6 Å². The van der Waals surface area contributed by atoms with Gasteiger partial charge in [0.1, 0.15) is 0 Å². The van der Waals surface area contributed by atoms with Gasteiger partial charge in [-0.25, -0.2) is 0 Å². The molecule has 0 aliphatic heterocycles. The molecule has 4 heteroatoms. The molecule has 0 fully saturated rings. The maximum absolute atomic E-state index is 11.7. The first-order valence-corrected chi connectivity index (χ1v) is 7.55. The van der Waals surface area contributed by atoms with E-state index in [4.69, 9.17) is 0 Å². The monoisotopic (exact) mass is 308 g/mol. The highest BCUT2D eigenvalue weighted by Gasteiger charge is 2.02. The zero-order chi connectivity index (χ0) is 16.3. The van der Waals surface area contributed by atoms with Crippen molar-refractivity contribution >= 4 is 17.9 Å². The summed E-state index contributed by atoms with van der Waals surface area (Å²) in [4.78, 5) is 23.4. The molecule has 0 unspecified atom stereocenters. The molecule has 2 aromatic rings. The smallest absolute Gasteiger partial charge is 0.244 e. The summed E-state index contributed by atoms with van der Waals surface area (Å²) >= 11 is 0. The van der Waals surface area contributed by atoms with Crippen molar-refractivity contribution in [1.29, 1.82) is 0 Å². The largest absolute Gasteiger partial charge is 0.354 e. The standard InChI is InChI=1S/C19H20N2O2/c22-18(12-11-16-7-3-1-4-8-16)20-13-14-21-19(23)15-17-9-5-2-6-10-17/h1-12H,13-15H2,(H,20,22)(H,21,23)/b12-11+. The second-order valence-corrected chi connectivity index (χ2v) is 5.05. The van der Waals surface area contributed by atoms with E-state index >= 15 is 0 Å². The molecule has 118 valence electrons. The summed E-state index contributed by atoms with van der Waals surface area (Å²) in [5.74, 6) is -0.226. The third kappa shape index (κ3) is 6.61. The molecule has 0 bridgehead atoms. The Morgan fingerprint density at radius 3 is 2.13 bits per heavy atom. The van der Waals surface area contributed by atoms with Crippen molar-refractivity contribution in [2.75, 3.05) is 13.1 Å². The van der Waals surface area contributed by atoms with Crippen LogP contribution in [0.15, 0.2) is 66.7 Å². The molecule has 2 amide bonds. The third-order valence-electron chi connectivity index (χ3n) is 3.18. The van der Waals surface area contributed by atoms with Crippen LogP contribution in [0.1, 0.15) is 11.1 Å². The van der Waals surface area contributed by atoms with Crippen LogP contribution in [0.5, 0.6) is 0 Å². The van der Waals surface area contributed by atoms with Gasteiger partial charge in [0.2, 0.25) is 11.8 Å². The summed E-state index contributed by atoms with van der Waals surface area (Å²) in [7, 11) is 0. The first-order valence-electron chi connectivity index (χ1n) is 7.55. The summed E-state index contributed by atoms with van der Waals surface area (Å²) in [5, 5.41) is 5.51. The van der Waals surface area contributed by atoms with Gasteiger partial charge in [-0.2, -0.15) is 0 Å². The lowest BCUT2D eigenvalue weighted by Crippen LogP contribution is -2.34. The maximum atomic E-state index is 11.7. The van der Waals surface area contributed by atoms with Gasteiger partial charge in [-0.1, -0.05) is 60.7 Å². The van der Waals surface area contributed by atoms with Crippen molar-refractivity contribution < 1.29 is 9.59 Å². The van der Waals surface area contributed by atoms with Crippen LogP contribution in [0.25, 0.3) is 6.08 Å². The Morgan fingerprint density at radius 2 is 1.43 bits per heavy atom. The molecule has 0 radical (unpaired) electrons. The van der Waals surface area contributed by atoms with Crippen LogP contribution in [0.4, 0.5) is 0 Å². The van der Waals surface area contributed by atoms with Gasteiger partial charge in [0.15, 0.2) is 0 Å². The van der Waals surface area contributed by atoms with Crippen molar-refractivity contribution in [3.8, 4) is 0 Å². The Balaban J connectivity index is 1.62. The molecule has 4 nitrogen and oxygen atoms in total. The minimum Gasteiger partial charge on any atom is -0.354 e. The lowest BCUT2D eigenvalue weighted by atomic mass is 10.1. The fourth-order valence-corrected chi connectivity index (χ4v) is 2.03. The van der Waals surface area contributed by atoms with Crippen molar-refractivity contribution in [3.05, 3.63) is 77.9 Å². The average Bonchev–Trinajstić information content (AvgIpc) is 2.59. The number of hydrogen-bond donors (Lipinski definition) is 2. The second kappa shape index (κ2) is 9.20. The van der Waals surface area contributed by atoms with Crippen LogP contribution in [0.2, 0.25) is 0 Å². The Labute approximate surface area is 136 Å². The highest BCUT2D eigenvalue weighted by atomic mass is 16.2. The van der Waals surface area contributed by atoms with E-state index in [9.17, 15) is 9.59 Å². The van der Waals surface area contributed by atoms with Crippen LogP contribution in [0.3, 0.4) is 0 Å². The van der Waals surface area contributed by atoms with Crippen LogP contribution in [-0.2, 0) is 16.0 Å². The van der Waals surface area contributed by atoms with Gasteiger partial charge in [-0.05, 0) is 17.2 Å². The van der Waals surface area contributed by atoms with Crippen molar-refractivity contribution in [1.82, 2.24) is 10.6 Å². The fourth-order valence-electron chi connectivity index (χ4n) is 2.03. The molecule has 0 saturated heterocycles. The number of carbonyl (C=O) groups excluding carboxylic acids is 2. The Kier molecular flexibility index (Phi) is 6.60. The molecule has 0 aromatic heterocycles. The molecule has 0 heterocycles. The van der Waals surface area contributed by atoms with Gasteiger partial charge in [0, 0.05) is 19.2 Å². The minimum absolute atomic E-state index is 0.0507. The van der Waals surface area contributed by atoms with Gasteiger partial charge in [0.05, 0.1) is 6.42 Å². The number of hydrogen-bond acceptors (Lipinski definition) is 2. The lowest BCUT2D eigenvalue weighted by molar-refractivity contribution is -0.121. The highest BCUT2D eigenvalue weighted by Crippen LogP contribution is 2.00. The van der Waals surface area contributed by atoms with Crippen LogP contribution in [0, 0.1) is 0 Å². The van der Waals surface area contributed by atoms with E-state index in [1.807, 2.05) is 60.7 Å². The molecule has 0 aliphatic rings. The number of carbonyl (C=O) groups is 2. The van der Waals surface area contributed by atoms with E-state index in [0.29, 0.717) is 19.5 Å². The van der Waals surface area contributed by atoms with Crippen LogP contribution < -0.4 is 10.6 Å². The van der Waals surface area contributed by atoms with E-state index in [1.54, 1.807) is 6.08 Å². The van der Waals surface area contributed by atoms with E-state index < -0.39 is 0 Å². The normalized spacial score (nSPS) is 10.4. The topological polar surface area (TPSA) is 58.2 Å². The number of amides is 2. The first-order chi connectivity index (χ1) is 11.2. The quantitative estimate of drug-likeness (QED) is 0.608. The summed E-state index contributed by atoms with van der Waals surface area (Å²) in [6.07, 6.45) is 3.59. The SMILES string of the molecule is O=C(/C=C/c1ccccc1)NCCNC(=O)Cc1ccccc1. The summed E-state index contributed by atoms with van der Waals surface area (Å²) in [6, 6.07) is 19.2. The summed E-state index contributed by atoms with van der Waals surface area (Å²) < 4.78 is 0. The zero-order valence-corrected chi connectivity index (χ0v) is 12.9. The minimum atomic E-state index is -0.175. The number of rotatable bonds is 7.